The minimum absolute atomic E-state index is 0.0933. The van der Waals surface area contributed by atoms with E-state index in [0.29, 0.717) is 13.0 Å². The van der Waals surface area contributed by atoms with Crippen LogP contribution >= 0.6 is 0 Å². The van der Waals surface area contributed by atoms with Gasteiger partial charge in [-0.25, -0.2) is 0 Å². The number of nitro benzene ring substituents is 1. The first-order valence-corrected chi connectivity index (χ1v) is 6.43. The zero-order chi connectivity index (χ0) is 15.9. The topological polar surface area (TPSA) is 112 Å². The molecule has 0 aliphatic heterocycles. The lowest BCUT2D eigenvalue weighted by Crippen LogP contribution is -2.42. The van der Waals surface area contributed by atoms with Crippen LogP contribution in [0.1, 0.15) is 25.8 Å². The summed E-state index contributed by atoms with van der Waals surface area (Å²) in [5.41, 5.74) is -0.796. The first-order chi connectivity index (χ1) is 9.95. The molecule has 0 radical (unpaired) electrons. The van der Waals surface area contributed by atoms with E-state index < -0.39 is 10.5 Å². The zero-order valence-electron chi connectivity index (χ0n) is 11.9. The predicted molar refractivity (Wildman–Crippen MR) is 75.6 cm³/mol. The van der Waals surface area contributed by atoms with E-state index >= 15 is 0 Å². The van der Waals surface area contributed by atoms with Gasteiger partial charge in [-0.2, -0.15) is 10.5 Å². The molecule has 0 bridgehead atoms. The summed E-state index contributed by atoms with van der Waals surface area (Å²) in [5, 5.41) is 31.9. The van der Waals surface area contributed by atoms with Crippen molar-refractivity contribution in [3.8, 4) is 17.9 Å². The minimum atomic E-state index is -0.740. The second-order valence-corrected chi connectivity index (χ2v) is 4.62. The van der Waals surface area contributed by atoms with E-state index in [0.717, 1.165) is 0 Å². The molecule has 0 saturated carbocycles. The van der Waals surface area contributed by atoms with Crippen molar-refractivity contribution in [1.29, 1.82) is 10.5 Å². The van der Waals surface area contributed by atoms with Crippen molar-refractivity contribution in [2.45, 2.75) is 25.8 Å². The van der Waals surface area contributed by atoms with Gasteiger partial charge in [-0.1, -0.05) is 6.92 Å². The molecular weight excluding hydrogens is 272 g/mol. The van der Waals surface area contributed by atoms with Crippen molar-refractivity contribution in [3.63, 3.8) is 0 Å². The van der Waals surface area contributed by atoms with Crippen molar-refractivity contribution < 1.29 is 9.66 Å². The average molecular weight is 288 g/mol. The number of ether oxygens (including phenoxy) is 1. The van der Waals surface area contributed by atoms with Gasteiger partial charge in [0.1, 0.15) is 5.54 Å². The van der Waals surface area contributed by atoms with Crippen LogP contribution in [0.25, 0.3) is 0 Å². The Labute approximate surface area is 122 Å². The number of hydrogen-bond donors (Lipinski definition) is 1. The molecule has 0 fully saturated rings. The van der Waals surface area contributed by atoms with Crippen LogP contribution in [0.5, 0.6) is 5.75 Å². The van der Waals surface area contributed by atoms with E-state index in [-0.39, 0.29) is 23.6 Å². The standard InChI is InChI=1S/C14H16N4O3/c1-3-17-14(2,10-16)6-7-21-13-5-4-11(9-15)8-12(13)18(19)20/h4-5,8,17H,3,6-7H2,1-2H3. The molecule has 1 unspecified atom stereocenters. The lowest BCUT2D eigenvalue weighted by Gasteiger charge is -2.22. The number of nitrogens with one attached hydrogen (secondary N) is 1. The molecule has 21 heavy (non-hydrogen) atoms. The molecule has 1 aromatic rings. The third-order valence-electron chi connectivity index (χ3n) is 2.96. The third kappa shape index (κ3) is 4.44. The summed E-state index contributed by atoms with van der Waals surface area (Å²) >= 11 is 0. The molecule has 0 amide bonds. The Morgan fingerprint density at radius 3 is 2.71 bits per heavy atom. The van der Waals surface area contributed by atoms with E-state index in [1.54, 1.807) is 6.92 Å². The van der Waals surface area contributed by atoms with Gasteiger partial charge in [0.2, 0.25) is 0 Å². The van der Waals surface area contributed by atoms with E-state index in [1.807, 2.05) is 13.0 Å². The Hall–Kier alpha value is -2.64. The molecule has 7 heteroatoms. The lowest BCUT2D eigenvalue weighted by molar-refractivity contribution is -0.385. The van der Waals surface area contributed by atoms with Crippen LogP contribution in [-0.2, 0) is 0 Å². The maximum Gasteiger partial charge on any atom is 0.312 e. The fourth-order valence-electron chi connectivity index (χ4n) is 1.79. The quantitative estimate of drug-likeness (QED) is 0.607. The molecule has 1 rings (SSSR count). The number of rotatable bonds is 7. The highest BCUT2D eigenvalue weighted by Crippen LogP contribution is 2.28. The molecule has 0 saturated heterocycles. The van der Waals surface area contributed by atoms with Crippen molar-refractivity contribution in [1.82, 2.24) is 5.32 Å². The average Bonchev–Trinajstić information content (AvgIpc) is 2.47. The second-order valence-electron chi connectivity index (χ2n) is 4.62. The van der Waals surface area contributed by atoms with Gasteiger partial charge in [0.05, 0.1) is 29.2 Å². The Morgan fingerprint density at radius 2 is 2.19 bits per heavy atom. The van der Waals surface area contributed by atoms with Crippen LogP contribution in [0.3, 0.4) is 0 Å². The van der Waals surface area contributed by atoms with Crippen LogP contribution in [0.2, 0.25) is 0 Å². The molecule has 0 aliphatic rings. The van der Waals surface area contributed by atoms with Gasteiger partial charge in [0.15, 0.2) is 5.75 Å². The van der Waals surface area contributed by atoms with Crippen molar-refractivity contribution in [3.05, 3.63) is 33.9 Å². The van der Waals surface area contributed by atoms with Gasteiger partial charge in [-0.05, 0) is 25.6 Å². The predicted octanol–water partition coefficient (Wildman–Crippen LogP) is 2.13. The SMILES string of the molecule is CCNC(C)(C#N)CCOc1ccc(C#N)cc1[N+](=O)[O-]. The summed E-state index contributed by atoms with van der Waals surface area (Å²) in [7, 11) is 0. The number of benzene rings is 1. The summed E-state index contributed by atoms with van der Waals surface area (Å²) in [6.07, 6.45) is 0.383. The van der Waals surface area contributed by atoms with Crippen molar-refractivity contribution >= 4 is 5.69 Å². The van der Waals surface area contributed by atoms with Gasteiger partial charge in [0, 0.05) is 12.5 Å². The maximum absolute atomic E-state index is 11.0. The van der Waals surface area contributed by atoms with Gasteiger partial charge >= 0.3 is 5.69 Å². The molecule has 0 aromatic heterocycles. The molecule has 1 atom stereocenters. The molecule has 7 nitrogen and oxygen atoms in total. The molecule has 1 aromatic carbocycles. The molecule has 0 spiro atoms. The van der Waals surface area contributed by atoms with Crippen molar-refractivity contribution in [2.75, 3.05) is 13.2 Å². The summed E-state index contributed by atoms with van der Waals surface area (Å²) in [6, 6.07) is 8.02. The van der Waals surface area contributed by atoms with Crippen molar-refractivity contribution in [2.24, 2.45) is 0 Å². The smallest absolute Gasteiger partial charge is 0.312 e. The summed E-state index contributed by atoms with van der Waals surface area (Å²) in [4.78, 5) is 10.4. The molecular formula is C14H16N4O3. The Balaban J connectivity index is 2.79. The highest BCUT2D eigenvalue weighted by atomic mass is 16.6. The van der Waals surface area contributed by atoms with Gasteiger partial charge in [0.25, 0.3) is 0 Å². The van der Waals surface area contributed by atoms with Gasteiger partial charge in [-0.15, -0.1) is 0 Å². The normalized spacial score (nSPS) is 12.8. The maximum atomic E-state index is 11.0. The molecule has 110 valence electrons. The first kappa shape index (κ1) is 16.4. The van der Waals surface area contributed by atoms with Crippen LogP contribution in [0.4, 0.5) is 5.69 Å². The first-order valence-electron chi connectivity index (χ1n) is 6.43. The van der Waals surface area contributed by atoms with Gasteiger partial charge < -0.3 is 4.74 Å². The Kier molecular flexibility index (Phi) is 5.65. The van der Waals surface area contributed by atoms with E-state index in [1.165, 1.54) is 18.2 Å². The van der Waals surface area contributed by atoms with Crippen LogP contribution < -0.4 is 10.1 Å². The van der Waals surface area contributed by atoms with Crippen LogP contribution in [0.15, 0.2) is 18.2 Å². The number of nitrogens with zero attached hydrogens (tertiary/aromatic N) is 3. The van der Waals surface area contributed by atoms with E-state index in [9.17, 15) is 10.1 Å². The molecule has 1 N–H and O–H groups in total. The second kappa shape index (κ2) is 7.22. The summed E-state index contributed by atoms with van der Waals surface area (Å²) < 4.78 is 5.40. The highest BCUT2D eigenvalue weighted by molar-refractivity contribution is 5.51. The fraction of sp³-hybridized carbons (Fsp3) is 0.429. The van der Waals surface area contributed by atoms with Crippen LogP contribution in [-0.4, -0.2) is 23.6 Å². The number of nitriles is 2. The number of hydrogen-bond acceptors (Lipinski definition) is 6. The zero-order valence-corrected chi connectivity index (χ0v) is 11.9. The molecule has 0 heterocycles. The lowest BCUT2D eigenvalue weighted by atomic mass is 10.0. The monoisotopic (exact) mass is 288 g/mol. The van der Waals surface area contributed by atoms with E-state index in [4.69, 9.17) is 15.3 Å². The third-order valence-corrected chi connectivity index (χ3v) is 2.96. The number of nitro groups is 1. The minimum Gasteiger partial charge on any atom is -0.487 e. The summed E-state index contributed by atoms with van der Waals surface area (Å²) in [5.74, 6) is 0.0933. The molecule has 0 aliphatic carbocycles. The largest absolute Gasteiger partial charge is 0.487 e. The highest BCUT2D eigenvalue weighted by Gasteiger charge is 2.23. The van der Waals surface area contributed by atoms with E-state index in [2.05, 4.69) is 11.4 Å². The Morgan fingerprint density at radius 1 is 1.48 bits per heavy atom. The Bertz CT molecular complexity index is 603. The van der Waals surface area contributed by atoms with Gasteiger partial charge in [-0.3, -0.25) is 15.4 Å². The summed E-state index contributed by atoms with van der Waals surface area (Å²) in [6.45, 7) is 4.43. The van der Waals surface area contributed by atoms with Crippen LogP contribution in [0, 0.1) is 32.8 Å². The fourth-order valence-corrected chi connectivity index (χ4v) is 1.79.